The highest BCUT2D eigenvalue weighted by molar-refractivity contribution is 6.64. The molecule has 124 valence electrons. The van der Waals surface area contributed by atoms with Gasteiger partial charge >= 0.3 is 0 Å². The number of nitrogens with two attached hydrogens (primary N) is 1. The Labute approximate surface area is 141 Å². The molecule has 6 heteroatoms. The van der Waals surface area contributed by atoms with Gasteiger partial charge in [0.05, 0.1) is 19.0 Å². The summed E-state index contributed by atoms with van der Waals surface area (Å²) in [6.45, 7) is 3.99. The molecule has 0 spiro atoms. The van der Waals surface area contributed by atoms with E-state index in [0.717, 1.165) is 16.8 Å². The van der Waals surface area contributed by atoms with Crippen molar-refractivity contribution in [2.75, 3.05) is 12.5 Å². The molecule has 0 saturated carbocycles. The zero-order valence-corrected chi connectivity index (χ0v) is 13.9. The van der Waals surface area contributed by atoms with Crippen molar-refractivity contribution in [1.82, 2.24) is 0 Å². The normalized spacial score (nSPS) is 11.5. The fraction of sp³-hybridized carbons (Fsp3) is 0.167. The molecule has 0 heterocycles. The topological polar surface area (TPSA) is 89.1 Å². The van der Waals surface area contributed by atoms with Crippen molar-refractivity contribution in [2.24, 2.45) is 16.0 Å². The molecule has 0 unspecified atom stereocenters. The number of ether oxygens (including phenoxy) is 1. The maximum atomic E-state index is 12.5. The number of anilines is 1. The number of hydrogen-bond acceptors (Lipinski definition) is 6. The second-order valence-electron chi connectivity index (χ2n) is 5.32. The Morgan fingerprint density at radius 2 is 1.75 bits per heavy atom. The molecule has 3 N–H and O–H groups in total. The summed E-state index contributed by atoms with van der Waals surface area (Å²) in [7, 11) is 1.57. The molecule has 0 amide bonds. The van der Waals surface area contributed by atoms with Crippen molar-refractivity contribution in [3.63, 3.8) is 0 Å². The van der Waals surface area contributed by atoms with Crippen LogP contribution in [0.15, 0.2) is 52.7 Å². The quantitative estimate of drug-likeness (QED) is 0.370. The van der Waals surface area contributed by atoms with Crippen molar-refractivity contribution in [1.29, 1.82) is 0 Å². The summed E-state index contributed by atoms with van der Waals surface area (Å²) in [5.74, 6) is 5.58. The van der Waals surface area contributed by atoms with Crippen molar-refractivity contribution < 1.29 is 9.53 Å². The Bertz CT molecular complexity index is 760. The fourth-order valence-corrected chi connectivity index (χ4v) is 2.26. The fourth-order valence-electron chi connectivity index (χ4n) is 2.26. The molecular formula is C18H20N4O2. The van der Waals surface area contributed by atoms with Crippen LogP contribution in [0.2, 0.25) is 0 Å². The molecule has 0 fully saturated rings. The largest absolute Gasteiger partial charge is 0.497 e. The lowest BCUT2D eigenvalue weighted by Crippen LogP contribution is -2.18. The van der Waals surface area contributed by atoms with Gasteiger partial charge in [-0.3, -0.25) is 10.2 Å². The lowest BCUT2D eigenvalue weighted by Gasteiger charge is -2.06. The average Bonchev–Trinajstić information content (AvgIpc) is 2.57. The number of nitrogens with one attached hydrogen (secondary N) is 1. The minimum atomic E-state index is -0.288. The monoisotopic (exact) mass is 324 g/mol. The van der Waals surface area contributed by atoms with Crippen molar-refractivity contribution in [2.45, 2.75) is 13.8 Å². The SMILES string of the molecule is COc1ccc(C(=O)/C(C=NN)=N\Nc2cc(C)cc(C)c2)cc1. The number of hydrazone groups is 2. The number of hydrogen-bond donors (Lipinski definition) is 2. The third-order valence-corrected chi connectivity index (χ3v) is 3.31. The first-order chi connectivity index (χ1) is 11.5. The summed E-state index contributed by atoms with van der Waals surface area (Å²) < 4.78 is 5.08. The second-order valence-corrected chi connectivity index (χ2v) is 5.32. The molecule has 0 aliphatic carbocycles. The predicted molar refractivity (Wildman–Crippen MR) is 97.0 cm³/mol. The number of ketones is 1. The van der Waals surface area contributed by atoms with Crippen LogP contribution in [0.25, 0.3) is 0 Å². The highest BCUT2D eigenvalue weighted by Gasteiger charge is 2.13. The number of carbonyl (C=O) groups is 1. The van der Waals surface area contributed by atoms with Crippen LogP contribution in [-0.2, 0) is 0 Å². The Balaban J connectivity index is 2.25. The van der Waals surface area contributed by atoms with Gasteiger partial charge in [-0.05, 0) is 61.4 Å². The van der Waals surface area contributed by atoms with E-state index in [9.17, 15) is 4.79 Å². The number of methoxy groups -OCH3 is 1. The van der Waals surface area contributed by atoms with Crippen LogP contribution in [0, 0.1) is 13.8 Å². The van der Waals surface area contributed by atoms with E-state index < -0.39 is 0 Å². The summed E-state index contributed by atoms with van der Waals surface area (Å²) in [5, 5.41) is 7.56. The first-order valence-electron chi connectivity index (χ1n) is 7.37. The van der Waals surface area contributed by atoms with E-state index in [0.29, 0.717) is 11.3 Å². The molecule has 0 aromatic heterocycles. The highest BCUT2D eigenvalue weighted by Crippen LogP contribution is 2.15. The van der Waals surface area contributed by atoms with E-state index in [1.165, 1.54) is 6.21 Å². The molecule has 2 aromatic carbocycles. The van der Waals surface area contributed by atoms with Crippen LogP contribution >= 0.6 is 0 Å². The lowest BCUT2D eigenvalue weighted by molar-refractivity contribution is 0.106. The lowest BCUT2D eigenvalue weighted by atomic mass is 10.1. The number of carbonyl (C=O) groups excluding carboxylic acids is 1. The molecule has 2 rings (SSSR count). The maximum Gasteiger partial charge on any atom is 0.214 e. The summed E-state index contributed by atoms with van der Waals surface area (Å²) >= 11 is 0. The molecule has 0 radical (unpaired) electrons. The van der Waals surface area contributed by atoms with Gasteiger partial charge in [0.15, 0.2) is 5.71 Å². The molecule has 0 aliphatic heterocycles. The molecular weight excluding hydrogens is 304 g/mol. The zero-order chi connectivity index (χ0) is 17.5. The summed E-state index contributed by atoms with van der Waals surface area (Å²) in [6.07, 6.45) is 1.22. The summed E-state index contributed by atoms with van der Waals surface area (Å²) in [5.41, 5.74) is 6.45. The van der Waals surface area contributed by atoms with Crippen LogP contribution in [0.1, 0.15) is 21.5 Å². The van der Waals surface area contributed by atoms with Gasteiger partial charge in [0.25, 0.3) is 0 Å². The van der Waals surface area contributed by atoms with Crippen LogP contribution < -0.4 is 16.0 Å². The van der Waals surface area contributed by atoms with Gasteiger partial charge in [-0.15, -0.1) is 0 Å². The number of nitrogens with zero attached hydrogens (tertiary/aromatic N) is 2. The van der Waals surface area contributed by atoms with Gasteiger partial charge in [-0.1, -0.05) is 6.07 Å². The van der Waals surface area contributed by atoms with Crippen LogP contribution in [0.5, 0.6) is 5.75 Å². The zero-order valence-electron chi connectivity index (χ0n) is 13.9. The van der Waals surface area contributed by atoms with Gasteiger partial charge in [0, 0.05) is 5.56 Å². The van der Waals surface area contributed by atoms with Crippen LogP contribution in [0.4, 0.5) is 5.69 Å². The standard InChI is InChI=1S/C18H20N4O2/c1-12-8-13(2)10-15(9-12)21-22-17(11-20-19)18(23)14-4-6-16(24-3)7-5-14/h4-11,21H,19H2,1-3H3/b20-11?,22-17-. The Morgan fingerprint density at radius 3 is 2.29 bits per heavy atom. The Hall–Kier alpha value is -3.15. The molecule has 0 saturated heterocycles. The third kappa shape index (κ3) is 4.42. The van der Waals surface area contributed by atoms with E-state index in [2.05, 4.69) is 21.7 Å². The van der Waals surface area contributed by atoms with E-state index in [4.69, 9.17) is 10.6 Å². The molecule has 0 bridgehead atoms. The van der Waals surface area contributed by atoms with Crippen molar-refractivity contribution in [3.8, 4) is 5.75 Å². The van der Waals surface area contributed by atoms with E-state index in [1.807, 2.05) is 26.0 Å². The van der Waals surface area contributed by atoms with Crippen LogP contribution in [0.3, 0.4) is 0 Å². The summed E-state index contributed by atoms with van der Waals surface area (Å²) in [6, 6.07) is 12.7. The van der Waals surface area contributed by atoms with Crippen molar-refractivity contribution in [3.05, 3.63) is 59.2 Å². The van der Waals surface area contributed by atoms with Gasteiger partial charge in [0.2, 0.25) is 5.78 Å². The number of aryl methyl sites for hydroxylation is 2. The predicted octanol–water partition coefficient (Wildman–Crippen LogP) is 2.91. The highest BCUT2D eigenvalue weighted by atomic mass is 16.5. The number of benzene rings is 2. The summed E-state index contributed by atoms with van der Waals surface area (Å²) in [4.78, 5) is 12.5. The Kier molecular flexibility index (Phi) is 5.68. The molecule has 0 atom stereocenters. The third-order valence-electron chi connectivity index (χ3n) is 3.31. The Morgan fingerprint density at radius 1 is 1.12 bits per heavy atom. The van der Waals surface area contributed by atoms with E-state index in [-0.39, 0.29) is 11.5 Å². The maximum absolute atomic E-state index is 12.5. The number of Topliss-reactive ketones (excluding diaryl/α,β-unsaturated/α-hetero) is 1. The number of rotatable bonds is 6. The smallest absolute Gasteiger partial charge is 0.214 e. The second kappa shape index (κ2) is 7.92. The molecule has 6 nitrogen and oxygen atoms in total. The van der Waals surface area contributed by atoms with E-state index >= 15 is 0 Å². The minimum Gasteiger partial charge on any atom is -0.497 e. The van der Waals surface area contributed by atoms with Gasteiger partial charge in [-0.25, -0.2) is 0 Å². The van der Waals surface area contributed by atoms with Crippen LogP contribution in [-0.4, -0.2) is 24.8 Å². The molecule has 24 heavy (non-hydrogen) atoms. The van der Waals surface area contributed by atoms with Gasteiger partial charge in [-0.2, -0.15) is 10.2 Å². The average molecular weight is 324 g/mol. The first-order valence-corrected chi connectivity index (χ1v) is 7.37. The van der Waals surface area contributed by atoms with Gasteiger partial charge in [0.1, 0.15) is 5.75 Å². The molecule has 0 aliphatic rings. The minimum absolute atomic E-state index is 0.113. The van der Waals surface area contributed by atoms with Gasteiger partial charge < -0.3 is 10.6 Å². The molecule has 2 aromatic rings. The van der Waals surface area contributed by atoms with Crippen molar-refractivity contribution >= 4 is 23.4 Å². The van der Waals surface area contributed by atoms with E-state index in [1.54, 1.807) is 31.4 Å². The first kappa shape index (κ1) is 17.2.